The maximum Gasteiger partial charge on any atom is 0.335 e. The van der Waals surface area contributed by atoms with E-state index in [0.717, 1.165) is 11.1 Å². The first-order valence-electron chi connectivity index (χ1n) is 12.1. The van der Waals surface area contributed by atoms with Gasteiger partial charge in [-0.05, 0) is 41.8 Å². The van der Waals surface area contributed by atoms with Crippen molar-refractivity contribution in [3.63, 3.8) is 0 Å². The Morgan fingerprint density at radius 1 is 1.03 bits per heavy atom. The number of hydrogen-bond acceptors (Lipinski definition) is 4. The molecule has 0 saturated heterocycles. The van der Waals surface area contributed by atoms with Gasteiger partial charge >= 0.3 is 5.97 Å². The lowest BCUT2D eigenvalue weighted by Crippen LogP contribution is -2.46. The molecule has 3 atom stereocenters. The Hall–Kier alpha value is -3.94. The molecule has 1 aliphatic heterocycles. The summed E-state index contributed by atoms with van der Waals surface area (Å²) in [5.41, 5.74) is 0.850. The third-order valence-corrected chi connectivity index (χ3v) is 7.39. The Morgan fingerprint density at radius 2 is 1.76 bits per heavy atom. The second kappa shape index (κ2) is 9.50. The Morgan fingerprint density at radius 3 is 2.38 bits per heavy atom. The maximum absolute atomic E-state index is 14.5. The second-order valence-corrected chi connectivity index (χ2v) is 9.68. The Kier molecular flexibility index (Phi) is 6.35. The fourth-order valence-corrected chi connectivity index (χ4v) is 5.39. The lowest BCUT2D eigenvalue weighted by Gasteiger charge is -2.36. The summed E-state index contributed by atoms with van der Waals surface area (Å²) in [5.74, 6) is -3.32. The molecule has 6 nitrogen and oxygen atoms in total. The van der Waals surface area contributed by atoms with Gasteiger partial charge in [0.05, 0.1) is 24.1 Å². The number of halogens is 2. The number of hydrogen-bond donors (Lipinski definition) is 2. The maximum atomic E-state index is 14.5. The zero-order valence-electron chi connectivity index (χ0n) is 20.2. The average molecular weight is 508 g/mol. The minimum atomic E-state index is -2.93. The number of carboxylic acids is 1. The molecule has 1 unspecified atom stereocenters. The van der Waals surface area contributed by atoms with E-state index in [2.05, 4.69) is 5.32 Å². The van der Waals surface area contributed by atoms with Gasteiger partial charge in [0, 0.05) is 30.9 Å². The minimum absolute atomic E-state index is 0.0502. The molecule has 37 heavy (non-hydrogen) atoms. The number of carboxylic acid groups (broad SMARTS) is 1. The van der Waals surface area contributed by atoms with Crippen LogP contribution in [0.3, 0.4) is 0 Å². The number of aromatic carboxylic acids is 1. The number of rotatable bonds is 6. The van der Waals surface area contributed by atoms with Gasteiger partial charge in [-0.1, -0.05) is 42.5 Å². The SMILES string of the molecule is COc1ccc2c(c1)O[C@@H](c1ccc(C(=O)O)cc1)C[C@H]2NC(=O)C1(c2ccccc2)CCC(F)(F)C1. The first-order chi connectivity index (χ1) is 17.7. The summed E-state index contributed by atoms with van der Waals surface area (Å²) in [6, 6.07) is 19.9. The fourth-order valence-electron chi connectivity index (χ4n) is 5.39. The first kappa shape index (κ1) is 24.7. The molecule has 0 radical (unpaired) electrons. The van der Waals surface area contributed by atoms with Crippen LogP contribution in [0.4, 0.5) is 8.78 Å². The number of ether oxygens (including phenoxy) is 2. The molecule has 8 heteroatoms. The number of carbonyl (C=O) groups is 2. The van der Waals surface area contributed by atoms with Crippen molar-refractivity contribution in [1.29, 1.82) is 0 Å². The summed E-state index contributed by atoms with van der Waals surface area (Å²) in [5, 5.41) is 12.3. The quantitative estimate of drug-likeness (QED) is 0.439. The van der Waals surface area contributed by atoms with Crippen LogP contribution in [-0.4, -0.2) is 30.0 Å². The predicted molar refractivity (Wildman–Crippen MR) is 132 cm³/mol. The molecule has 0 spiro atoms. The van der Waals surface area contributed by atoms with Crippen molar-refractivity contribution in [2.24, 2.45) is 0 Å². The summed E-state index contributed by atoms with van der Waals surface area (Å²) in [7, 11) is 1.54. The van der Waals surface area contributed by atoms with Crippen molar-refractivity contribution in [2.45, 2.75) is 49.2 Å². The van der Waals surface area contributed by atoms with Crippen LogP contribution in [0.25, 0.3) is 0 Å². The van der Waals surface area contributed by atoms with Crippen molar-refractivity contribution in [1.82, 2.24) is 5.32 Å². The topological polar surface area (TPSA) is 84.9 Å². The molecule has 1 amide bonds. The lowest BCUT2D eigenvalue weighted by atomic mass is 9.77. The Labute approximate surface area is 213 Å². The van der Waals surface area contributed by atoms with E-state index in [-0.39, 0.29) is 18.4 Å². The molecule has 0 aromatic heterocycles. The van der Waals surface area contributed by atoms with E-state index >= 15 is 0 Å². The molecule has 5 rings (SSSR count). The van der Waals surface area contributed by atoms with Gasteiger partial charge in [0.2, 0.25) is 11.8 Å². The van der Waals surface area contributed by atoms with E-state index in [1.54, 1.807) is 60.7 Å². The highest BCUT2D eigenvalue weighted by Crippen LogP contribution is 2.50. The van der Waals surface area contributed by atoms with Gasteiger partial charge in [0.15, 0.2) is 0 Å². The number of amides is 1. The molecule has 1 aliphatic carbocycles. The van der Waals surface area contributed by atoms with Crippen LogP contribution >= 0.6 is 0 Å². The zero-order chi connectivity index (χ0) is 26.2. The van der Waals surface area contributed by atoms with E-state index < -0.39 is 41.8 Å². The Bertz CT molecular complexity index is 1310. The summed E-state index contributed by atoms with van der Waals surface area (Å²) in [4.78, 5) is 25.1. The molecule has 1 saturated carbocycles. The molecule has 2 N–H and O–H groups in total. The van der Waals surface area contributed by atoms with Gasteiger partial charge in [-0.2, -0.15) is 0 Å². The molecule has 0 bridgehead atoms. The van der Waals surface area contributed by atoms with Crippen molar-refractivity contribution >= 4 is 11.9 Å². The third-order valence-electron chi connectivity index (χ3n) is 7.39. The molecule has 1 fully saturated rings. The largest absolute Gasteiger partial charge is 0.497 e. The number of alkyl halides is 2. The number of carbonyl (C=O) groups excluding carboxylic acids is 1. The number of nitrogens with one attached hydrogen (secondary N) is 1. The van der Waals surface area contributed by atoms with E-state index in [4.69, 9.17) is 9.47 Å². The fraction of sp³-hybridized carbons (Fsp3) is 0.310. The molecule has 3 aromatic rings. The third kappa shape index (κ3) is 4.75. The van der Waals surface area contributed by atoms with Crippen molar-refractivity contribution in [2.75, 3.05) is 7.11 Å². The molecular formula is C29H27F2NO5. The number of methoxy groups -OCH3 is 1. The standard InChI is InChI=1S/C29H27F2NO5/c1-36-21-11-12-22-23(16-24(37-25(22)15-21)18-7-9-19(10-8-18)26(33)34)32-27(35)28(13-14-29(30,31)17-28)20-5-3-2-4-6-20/h2-12,15,23-24H,13-14,16-17H2,1H3,(H,32,35)(H,33,34)/t23-,24-,28?/m1/s1. The zero-order valence-corrected chi connectivity index (χ0v) is 20.2. The number of fused-ring (bicyclic) bond motifs is 1. The van der Waals surface area contributed by atoms with Crippen LogP contribution in [0.2, 0.25) is 0 Å². The average Bonchev–Trinajstić information content (AvgIpc) is 3.25. The molecular weight excluding hydrogens is 480 g/mol. The Balaban J connectivity index is 1.49. The summed E-state index contributed by atoms with van der Waals surface area (Å²) < 4.78 is 40.6. The van der Waals surface area contributed by atoms with E-state index in [1.807, 2.05) is 0 Å². The van der Waals surface area contributed by atoms with Gasteiger partial charge in [-0.25, -0.2) is 13.6 Å². The first-order valence-corrected chi connectivity index (χ1v) is 12.1. The predicted octanol–water partition coefficient (Wildman–Crippen LogP) is 5.83. The lowest BCUT2D eigenvalue weighted by molar-refractivity contribution is -0.129. The summed E-state index contributed by atoms with van der Waals surface area (Å²) in [6.45, 7) is 0. The van der Waals surface area contributed by atoms with Crippen LogP contribution in [0.5, 0.6) is 11.5 Å². The molecule has 3 aromatic carbocycles. The molecule has 192 valence electrons. The van der Waals surface area contributed by atoms with E-state index in [9.17, 15) is 23.5 Å². The summed E-state index contributed by atoms with van der Waals surface area (Å²) >= 11 is 0. The van der Waals surface area contributed by atoms with Crippen LogP contribution < -0.4 is 14.8 Å². The highest BCUT2D eigenvalue weighted by Gasteiger charge is 2.55. The van der Waals surface area contributed by atoms with Gasteiger partial charge in [0.1, 0.15) is 17.6 Å². The molecule has 1 heterocycles. The van der Waals surface area contributed by atoms with Crippen LogP contribution in [0.15, 0.2) is 72.8 Å². The van der Waals surface area contributed by atoms with Crippen LogP contribution in [0, 0.1) is 0 Å². The highest BCUT2D eigenvalue weighted by atomic mass is 19.3. The van der Waals surface area contributed by atoms with E-state index in [1.165, 1.54) is 19.2 Å². The minimum Gasteiger partial charge on any atom is -0.497 e. The normalized spacial score (nSPS) is 24.0. The van der Waals surface area contributed by atoms with Gasteiger partial charge in [-0.15, -0.1) is 0 Å². The highest BCUT2D eigenvalue weighted by molar-refractivity contribution is 5.89. The van der Waals surface area contributed by atoms with Crippen LogP contribution in [-0.2, 0) is 10.2 Å². The monoisotopic (exact) mass is 507 g/mol. The van der Waals surface area contributed by atoms with Gasteiger partial charge in [-0.3, -0.25) is 4.79 Å². The second-order valence-electron chi connectivity index (χ2n) is 9.68. The van der Waals surface area contributed by atoms with Gasteiger partial charge in [0.25, 0.3) is 0 Å². The smallest absolute Gasteiger partial charge is 0.335 e. The van der Waals surface area contributed by atoms with Crippen molar-refractivity contribution in [3.05, 3.63) is 95.1 Å². The molecule has 2 aliphatic rings. The van der Waals surface area contributed by atoms with Crippen LogP contribution in [0.1, 0.15) is 64.9 Å². The van der Waals surface area contributed by atoms with Crippen molar-refractivity contribution < 1.29 is 33.0 Å². The number of benzene rings is 3. The van der Waals surface area contributed by atoms with Gasteiger partial charge < -0.3 is 19.9 Å². The summed E-state index contributed by atoms with van der Waals surface area (Å²) in [6.07, 6.45) is -0.998. The van der Waals surface area contributed by atoms with Crippen molar-refractivity contribution in [3.8, 4) is 11.5 Å². The van der Waals surface area contributed by atoms with E-state index in [0.29, 0.717) is 23.5 Å².